The van der Waals surface area contributed by atoms with Gasteiger partial charge in [0.15, 0.2) is 0 Å². The van der Waals surface area contributed by atoms with E-state index in [1.165, 1.54) is 0 Å². The van der Waals surface area contributed by atoms with Gasteiger partial charge < -0.3 is 16.0 Å². The van der Waals surface area contributed by atoms with E-state index < -0.39 is 0 Å². The molecule has 0 aromatic heterocycles. The van der Waals surface area contributed by atoms with Gasteiger partial charge in [-0.05, 0) is 38.2 Å². The fourth-order valence-electron chi connectivity index (χ4n) is 1.33. The summed E-state index contributed by atoms with van der Waals surface area (Å²) in [5, 5.41) is 8.17. The largest absolute Gasteiger partial charge is 0.352 e. The molecule has 5 nitrogen and oxygen atoms in total. The molecule has 5 heteroatoms. The van der Waals surface area contributed by atoms with Crippen molar-refractivity contribution in [3.63, 3.8) is 0 Å². The number of anilines is 1. The average molecular weight is 235 g/mol. The lowest BCUT2D eigenvalue weighted by molar-refractivity contribution is -0.115. The first-order valence-electron chi connectivity index (χ1n) is 5.50. The van der Waals surface area contributed by atoms with Crippen LogP contribution in [0.25, 0.3) is 0 Å². The van der Waals surface area contributed by atoms with Crippen molar-refractivity contribution in [1.29, 1.82) is 0 Å². The van der Waals surface area contributed by atoms with Crippen molar-refractivity contribution in [1.82, 2.24) is 10.6 Å². The van der Waals surface area contributed by atoms with E-state index in [4.69, 9.17) is 0 Å². The summed E-state index contributed by atoms with van der Waals surface area (Å²) in [6.07, 6.45) is 0. The van der Waals surface area contributed by atoms with E-state index in [1.807, 2.05) is 6.92 Å². The van der Waals surface area contributed by atoms with Crippen LogP contribution in [0.3, 0.4) is 0 Å². The number of benzene rings is 1. The SMILES string of the molecule is CCNC(=O)c1ccc(NC(=O)CNC)cc1. The molecule has 1 aromatic carbocycles. The van der Waals surface area contributed by atoms with E-state index in [0.29, 0.717) is 17.8 Å². The maximum atomic E-state index is 11.5. The zero-order chi connectivity index (χ0) is 12.7. The topological polar surface area (TPSA) is 70.2 Å². The van der Waals surface area contributed by atoms with Crippen molar-refractivity contribution in [2.24, 2.45) is 0 Å². The Hall–Kier alpha value is -1.88. The van der Waals surface area contributed by atoms with Crippen molar-refractivity contribution in [2.75, 3.05) is 25.5 Å². The summed E-state index contributed by atoms with van der Waals surface area (Å²) in [6.45, 7) is 2.72. The standard InChI is InChI=1S/C12H17N3O2/c1-3-14-12(17)9-4-6-10(7-5-9)15-11(16)8-13-2/h4-7,13H,3,8H2,1-2H3,(H,14,17)(H,15,16). The van der Waals surface area contributed by atoms with Gasteiger partial charge in [0.2, 0.25) is 5.91 Å². The first kappa shape index (κ1) is 13.2. The summed E-state index contributed by atoms with van der Waals surface area (Å²) in [5.41, 5.74) is 1.26. The highest BCUT2D eigenvalue weighted by Crippen LogP contribution is 2.09. The van der Waals surface area contributed by atoms with Crippen LogP contribution in [0.1, 0.15) is 17.3 Å². The minimum Gasteiger partial charge on any atom is -0.352 e. The first-order chi connectivity index (χ1) is 8.17. The fourth-order valence-corrected chi connectivity index (χ4v) is 1.33. The Morgan fingerprint density at radius 1 is 1.18 bits per heavy atom. The lowest BCUT2D eigenvalue weighted by atomic mass is 10.2. The van der Waals surface area contributed by atoms with Crippen LogP contribution in [-0.4, -0.2) is 32.0 Å². The van der Waals surface area contributed by atoms with Crippen molar-refractivity contribution >= 4 is 17.5 Å². The Morgan fingerprint density at radius 3 is 2.35 bits per heavy atom. The number of likely N-dealkylation sites (N-methyl/N-ethyl adjacent to an activating group) is 1. The average Bonchev–Trinajstić information content (AvgIpc) is 2.30. The smallest absolute Gasteiger partial charge is 0.251 e. The molecule has 0 unspecified atom stereocenters. The molecule has 0 aliphatic heterocycles. The van der Waals surface area contributed by atoms with Crippen LogP contribution >= 0.6 is 0 Å². The van der Waals surface area contributed by atoms with Crippen molar-refractivity contribution in [3.05, 3.63) is 29.8 Å². The van der Waals surface area contributed by atoms with Gasteiger partial charge in [-0.1, -0.05) is 0 Å². The quantitative estimate of drug-likeness (QED) is 0.699. The first-order valence-corrected chi connectivity index (χ1v) is 5.50. The van der Waals surface area contributed by atoms with Gasteiger partial charge in [0, 0.05) is 17.8 Å². The maximum Gasteiger partial charge on any atom is 0.251 e. The van der Waals surface area contributed by atoms with Gasteiger partial charge in [0.1, 0.15) is 0 Å². The molecule has 2 amide bonds. The molecule has 1 aromatic rings. The zero-order valence-corrected chi connectivity index (χ0v) is 10.0. The third-order valence-corrected chi connectivity index (χ3v) is 2.11. The molecule has 0 radical (unpaired) electrons. The number of rotatable bonds is 5. The summed E-state index contributed by atoms with van der Waals surface area (Å²) in [5.74, 6) is -0.223. The predicted molar refractivity (Wildman–Crippen MR) is 67.0 cm³/mol. The van der Waals surface area contributed by atoms with Crippen molar-refractivity contribution < 1.29 is 9.59 Å². The molecule has 0 saturated heterocycles. The second-order valence-electron chi connectivity index (χ2n) is 3.52. The Kier molecular flexibility index (Phi) is 5.16. The molecule has 0 aliphatic carbocycles. The molecule has 92 valence electrons. The molecule has 0 spiro atoms. The van der Waals surface area contributed by atoms with Crippen LogP contribution in [-0.2, 0) is 4.79 Å². The molecule has 0 bridgehead atoms. The van der Waals surface area contributed by atoms with Crippen LogP contribution in [0.15, 0.2) is 24.3 Å². The highest BCUT2D eigenvalue weighted by molar-refractivity contribution is 5.96. The van der Waals surface area contributed by atoms with Gasteiger partial charge in [-0.25, -0.2) is 0 Å². The van der Waals surface area contributed by atoms with E-state index in [2.05, 4.69) is 16.0 Å². The lowest BCUT2D eigenvalue weighted by Gasteiger charge is -2.06. The number of hydrogen-bond donors (Lipinski definition) is 3. The van der Waals surface area contributed by atoms with Gasteiger partial charge in [-0.15, -0.1) is 0 Å². The minimum atomic E-state index is -0.113. The maximum absolute atomic E-state index is 11.5. The predicted octanol–water partition coefficient (Wildman–Crippen LogP) is 0.594. The Balaban J connectivity index is 2.61. The Morgan fingerprint density at radius 2 is 1.82 bits per heavy atom. The van der Waals surface area contributed by atoms with E-state index in [9.17, 15) is 9.59 Å². The molecule has 0 atom stereocenters. The molecule has 0 heterocycles. The monoisotopic (exact) mass is 235 g/mol. The summed E-state index contributed by atoms with van der Waals surface area (Å²) in [4.78, 5) is 22.8. The number of amides is 2. The van der Waals surface area contributed by atoms with Crippen molar-refractivity contribution in [2.45, 2.75) is 6.92 Å². The van der Waals surface area contributed by atoms with E-state index >= 15 is 0 Å². The van der Waals surface area contributed by atoms with Gasteiger partial charge in [0.25, 0.3) is 5.91 Å². The highest BCUT2D eigenvalue weighted by atomic mass is 16.2. The number of nitrogens with one attached hydrogen (secondary N) is 3. The highest BCUT2D eigenvalue weighted by Gasteiger charge is 2.04. The van der Waals surface area contributed by atoms with Crippen LogP contribution in [0.2, 0.25) is 0 Å². The third kappa shape index (κ3) is 4.24. The second-order valence-corrected chi connectivity index (χ2v) is 3.52. The van der Waals surface area contributed by atoms with Crippen LogP contribution in [0.5, 0.6) is 0 Å². The zero-order valence-electron chi connectivity index (χ0n) is 10.0. The molecular weight excluding hydrogens is 218 g/mol. The van der Waals surface area contributed by atoms with E-state index in [0.717, 1.165) is 0 Å². The van der Waals surface area contributed by atoms with Gasteiger partial charge in [0.05, 0.1) is 6.54 Å². The van der Waals surface area contributed by atoms with Crippen LogP contribution in [0.4, 0.5) is 5.69 Å². The Bertz CT molecular complexity index is 387. The van der Waals surface area contributed by atoms with Gasteiger partial charge in [-0.2, -0.15) is 0 Å². The summed E-state index contributed by atoms with van der Waals surface area (Å²) in [6, 6.07) is 6.77. The number of carbonyl (C=O) groups is 2. The summed E-state index contributed by atoms with van der Waals surface area (Å²) in [7, 11) is 1.71. The van der Waals surface area contributed by atoms with Crippen LogP contribution in [0, 0.1) is 0 Å². The molecule has 0 aliphatic rings. The van der Waals surface area contributed by atoms with Crippen molar-refractivity contribution in [3.8, 4) is 0 Å². The third-order valence-electron chi connectivity index (χ3n) is 2.11. The molecular formula is C12H17N3O2. The molecule has 3 N–H and O–H groups in total. The fraction of sp³-hybridized carbons (Fsp3) is 0.333. The summed E-state index contributed by atoms with van der Waals surface area (Å²) < 4.78 is 0. The number of hydrogen-bond acceptors (Lipinski definition) is 3. The molecule has 0 fully saturated rings. The second kappa shape index (κ2) is 6.65. The Labute approximate surface area is 101 Å². The normalized spacial score (nSPS) is 9.76. The molecule has 0 saturated carbocycles. The lowest BCUT2D eigenvalue weighted by Crippen LogP contribution is -2.25. The van der Waals surface area contributed by atoms with Gasteiger partial charge >= 0.3 is 0 Å². The minimum absolute atomic E-state index is 0.111. The van der Waals surface area contributed by atoms with E-state index in [1.54, 1.807) is 31.3 Å². The van der Waals surface area contributed by atoms with Crippen LogP contribution < -0.4 is 16.0 Å². The van der Waals surface area contributed by atoms with Gasteiger partial charge in [-0.3, -0.25) is 9.59 Å². The molecule has 17 heavy (non-hydrogen) atoms. The summed E-state index contributed by atoms with van der Waals surface area (Å²) >= 11 is 0. The van der Waals surface area contributed by atoms with E-state index in [-0.39, 0.29) is 18.4 Å². The number of carbonyl (C=O) groups excluding carboxylic acids is 2. The molecule has 1 rings (SSSR count).